The molecule has 0 aliphatic carbocycles. The summed E-state index contributed by atoms with van der Waals surface area (Å²) in [5.41, 5.74) is 1.67. The minimum Gasteiger partial charge on any atom is -0.308 e. The Balaban J connectivity index is 2.02. The summed E-state index contributed by atoms with van der Waals surface area (Å²) in [4.78, 5) is 13.8. The van der Waals surface area contributed by atoms with Crippen molar-refractivity contribution in [2.45, 2.75) is 19.4 Å². The molecule has 0 unspecified atom stereocenters. The zero-order chi connectivity index (χ0) is 13.8. The highest BCUT2D eigenvalue weighted by molar-refractivity contribution is 7.91. The molecule has 2 fully saturated rings. The van der Waals surface area contributed by atoms with Crippen molar-refractivity contribution in [2.24, 2.45) is 5.92 Å². The zero-order valence-corrected chi connectivity index (χ0v) is 12.0. The van der Waals surface area contributed by atoms with Gasteiger partial charge in [-0.3, -0.25) is 4.79 Å². The standard InChI is InChI=1S/C13H14ClNO3S/c1-8-4-10(14)2-3-11(8)15-12-7-19(17,18)6-9(12)5-13(15)16/h2-4,9,12H,5-7H2,1H3/t9-,12-/m1/s1. The van der Waals surface area contributed by atoms with Crippen LogP contribution >= 0.6 is 11.6 Å². The van der Waals surface area contributed by atoms with Crippen molar-refractivity contribution >= 4 is 33.0 Å². The Morgan fingerprint density at radius 2 is 2.05 bits per heavy atom. The molecule has 2 saturated heterocycles. The number of benzene rings is 1. The average Bonchev–Trinajstić information content (AvgIpc) is 2.70. The van der Waals surface area contributed by atoms with Gasteiger partial charge in [-0.15, -0.1) is 0 Å². The van der Waals surface area contributed by atoms with Crippen LogP contribution in [0.25, 0.3) is 0 Å². The van der Waals surface area contributed by atoms with E-state index in [0.29, 0.717) is 11.4 Å². The van der Waals surface area contributed by atoms with E-state index in [1.807, 2.05) is 6.92 Å². The summed E-state index contributed by atoms with van der Waals surface area (Å²) in [6.45, 7) is 1.88. The van der Waals surface area contributed by atoms with Crippen molar-refractivity contribution in [3.05, 3.63) is 28.8 Å². The molecule has 2 heterocycles. The minimum absolute atomic E-state index is 0.00956. The van der Waals surface area contributed by atoms with Crippen molar-refractivity contribution in [1.29, 1.82) is 0 Å². The lowest BCUT2D eigenvalue weighted by Gasteiger charge is -2.25. The molecular weight excluding hydrogens is 286 g/mol. The second-order valence-electron chi connectivity index (χ2n) is 5.30. The van der Waals surface area contributed by atoms with Crippen LogP contribution in [0.4, 0.5) is 5.69 Å². The third kappa shape index (κ3) is 2.15. The van der Waals surface area contributed by atoms with Crippen LogP contribution in [-0.2, 0) is 14.6 Å². The first-order valence-corrected chi connectivity index (χ1v) is 8.36. The van der Waals surface area contributed by atoms with E-state index >= 15 is 0 Å². The summed E-state index contributed by atoms with van der Waals surface area (Å²) in [5, 5.41) is 0.614. The summed E-state index contributed by atoms with van der Waals surface area (Å²) in [6.07, 6.45) is 0.325. The van der Waals surface area contributed by atoms with Gasteiger partial charge in [0.2, 0.25) is 5.91 Å². The largest absolute Gasteiger partial charge is 0.308 e. The van der Waals surface area contributed by atoms with Crippen LogP contribution in [0.3, 0.4) is 0 Å². The smallest absolute Gasteiger partial charge is 0.227 e. The number of nitrogens with zero attached hydrogens (tertiary/aromatic N) is 1. The fraction of sp³-hybridized carbons (Fsp3) is 0.462. The van der Waals surface area contributed by atoms with Crippen LogP contribution < -0.4 is 4.90 Å². The maximum absolute atomic E-state index is 12.1. The highest BCUT2D eigenvalue weighted by atomic mass is 35.5. The van der Waals surface area contributed by atoms with E-state index < -0.39 is 9.84 Å². The third-order valence-corrected chi connectivity index (χ3v) is 5.91. The first-order chi connectivity index (χ1) is 8.87. The molecule has 2 aliphatic heterocycles. The van der Waals surface area contributed by atoms with Crippen molar-refractivity contribution in [2.75, 3.05) is 16.4 Å². The SMILES string of the molecule is Cc1cc(Cl)ccc1N1C(=O)C[C@@H]2CS(=O)(=O)C[C@H]21. The molecule has 4 nitrogen and oxygen atoms in total. The fourth-order valence-corrected chi connectivity index (χ4v) is 5.39. The van der Waals surface area contributed by atoms with Gasteiger partial charge in [-0.25, -0.2) is 8.42 Å². The Hall–Kier alpha value is -1.07. The number of hydrogen-bond donors (Lipinski definition) is 0. The van der Waals surface area contributed by atoms with E-state index in [4.69, 9.17) is 11.6 Å². The minimum atomic E-state index is -3.01. The monoisotopic (exact) mass is 299 g/mol. The summed E-state index contributed by atoms with van der Waals surface area (Å²) >= 11 is 5.92. The van der Waals surface area contributed by atoms with E-state index in [1.54, 1.807) is 23.1 Å². The molecule has 0 N–H and O–H groups in total. The van der Waals surface area contributed by atoms with Gasteiger partial charge in [-0.1, -0.05) is 11.6 Å². The highest BCUT2D eigenvalue weighted by Crippen LogP contribution is 2.38. The number of halogens is 1. The molecule has 0 saturated carbocycles. The Bertz CT molecular complexity index is 656. The maximum Gasteiger partial charge on any atom is 0.227 e. The maximum atomic E-state index is 12.1. The zero-order valence-electron chi connectivity index (χ0n) is 10.5. The Kier molecular flexibility index (Phi) is 2.87. The van der Waals surface area contributed by atoms with Gasteiger partial charge >= 0.3 is 0 Å². The third-order valence-electron chi connectivity index (χ3n) is 3.89. The lowest BCUT2D eigenvalue weighted by Crippen LogP contribution is -2.36. The summed E-state index contributed by atoms with van der Waals surface area (Å²) in [6, 6.07) is 5.11. The van der Waals surface area contributed by atoms with Crippen LogP contribution in [0.2, 0.25) is 5.02 Å². The number of hydrogen-bond acceptors (Lipinski definition) is 3. The molecular formula is C13H14ClNO3S. The van der Waals surface area contributed by atoms with Gasteiger partial charge in [0.1, 0.15) is 0 Å². The quantitative estimate of drug-likeness (QED) is 0.794. The molecule has 102 valence electrons. The fourth-order valence-electron chi connectivity index (χ4n) is 3.09. The van der Waals surface area contributed by atoms with Crippen LogP contribution in [0, 0.1) is 12.8 Å². The second kappa shape index (κ2) is 4.21. The molecule has 6 heteroatoms. The summed E-state index contributed by atoms with van der Waals surface area (Å²) in [5.74, 6) is 0.153. The van der Waals surface area contributed by atoms with Crippen LogP contribution in [0.5, 0.6) is 0 Å². The lowest BCUT2D eigenvalue weighted by atomic mass is 10.0. The molecule has 3 rings (SSSR count). The van der Waals surface area contributed by atoms with Crippen molar-refractivity contribution in [3.8, 4) is 0 Å². The first-order valence-electron chi connectivity index (χ1n) is 6.16. The Labute approximate surface area is 117 Å². The van der Waals surface area contributed by atoms with Gasteiger partial charge in [0.15, 0.2) is 9.84 Å². The predicted molar refractivity (Wildman–Crippen MR) is 74.2 cm³/mol. The molecule has 1 aromatic rings. The van der Waals surface area contributed by atoms with E-state index in [9.17, 15) is 13.2 Å². The number of carbonyl (C=O) groups excluding carboxylic acids is 1. The number of aryl methyl sites for hydroxylation is 1. The normalized spacial score (nSPS) is 28.7. The number of anilines is 1. The molecule has 1 aromatic carbocycles. The predicted octanol–water partition coefficient (Wildman–Crippen LogP) is 1.80. The summed E-state index contributed by atoms with van der Waals surface area (Å²) in [7, 11) is -3.01. The van der Waals surface area contributed by atoms with E-state index in [2.05, 4.69) is 0 Å². The lowest BCUT2D eigenvalue weighted by molar-refractivity contribution is -0.117. The summed E-state index contributed by atoms with van der Waals surface area (Å²) < 4.78 is 23.4. The second-order valence-corrected chi connectivity index (χ2v) is 7.89. The number of rotatable bonds is 1. The highest BCUT2D eigenvalue weighted by Gasteiger charge is 2.49. The molecule has 19 heavy (non-hydrogen) atoms. The van der Waals surface area contributed by atoms with E-state index in [-0.39, 0.29) is 29.4 Å². The molecule has 2 aliphatic rings. The molecule has 0 radical (unpaired) electrons. The average molecular weight is 300 g/mol. The van der Waals surface area contributed by atoms with Gasteiger partial charge in [0.05, 0.1) is 17.5 Å². The van der Waals surface area contributed by atoms with Gasteiger partial charge in [0.25, 0.3) is 0 Å². The molecule has 1 amide bonds. The van der Waals surface area contributed by atoms with Gasteiger partial charge in [-0.05, 0) is 30.7 Å². The van der Waals surface area contributed by atoms with Crippen molar-refractivity contribution in [1.82, 2.24) is 0 Å². The van der Waals surface area contributed by atoms with Crippen molar-refractivity contribution in [3.63, 3.8) is 0 Å². The van der Waals surface area contributed by atoms with Gasteiger partial charge < -0.3 is 4.90 Å². The molecule has 0 spiro atoms. The van der Waals surface area contributed by atoms with Crippen LogP contribution in [0.1, 0.15) is 12.0 Å². The number of fused-ring (bicyclic) bond motifs is 1. The number of sulfone groups is 1. The van der Waals surface area contributed by atoms with Crippen molar-refractivity contribution < 1.29 is 13.2 Å². The molecule has 2 atom stereocenters. The Morgan fingerprint density at radius 3 is 2.74 bits per heavy atom. The Morgan fingerprint density at radius 1 is 1.32 bits per heavy atom. The molecule has 0 aromatic heterocycles. The van der Waals surface area contributed by atoms with E-state index in [1.165, 1.54) is 0 Å². The molecule has 0 bridgehead atoms. The topological polar surface area (TPSA) is 54.5 Å². The number of carbonyl (C=O) groups is 1. The number of amides is 1. The first kappa shape index (κ1) is 12.9. The van der Waals surface area contributed by atoms with Gasteiger partial charge in [-0.2, -0.15) is 0 Å². The van der Waals surface area contributed by atoms with Crippen LogP contribution in [0.15, 0.2) is 18.2 Å². The van der Waals surface area contributed by atoms with E-state index in [0.717, 1.165) is 11.3 Å². The van der Waals surface area contributed by atoms with Gasteiger partial charge in [0, 0.05) is 23.0 Å². The van der Waals surface area contributed by atoms with Crippen LogP contribution in [-0.4, -0.2) is 31.9 Å².